The molecule has 0 saturated heterocycles. The molecule has 3 heteroatoms. The fourth-order valence-electron chi connectivity index (χ4n) is 1.98. The van der Waals surface area contributed by atoms with Gasteiger partial charge in [0.05, 0.1) is 0 Å². The minimum Gasteiger partial charge on any atom is -0.299 e. The molecule has 0 bridgehead atoms. The topological polar surface area (TPSA) is 37.8 Å². The molecule has 92 valence electrons. The van der Waals surface area contributed by atoms with Gasteiger partial charge in [-0.25, -0.2) is 0 Å². The molecule has 1 N–H and O–H groups in total. The highest BCUT2D eigenvalue weighted by atomic mass is 16.1. The van der Waals surface area contributed by atoms with Gasteiger partial charge >= 0.3 is 0 Å². The largest absolute Gasteiger partial charge is 0.299 e. The van der Waals surface area contributed by atoms with Crippen LogP contribution in [0.5, 0.6) is 0 Å². The van der Waals surface area contributed by atoms with Crippen LogP contribution in [0.25, 0.3) is 0 Å². The van der Waals surface area contributed by atoms with Crippen molar-refractivity contribution in [2.75, 3.05) is 0 Å². The maximum Gasteiger partial charge on any atom is 0.269 e. The van der Waals surface area contributed by atoms with Gasteiger partial charge in [-0.1, -0.05) is 34.6 Å². The van der Waals surface area contributed by atoms with E-state index in [4.69, 9.17) is 0 Å². The van der Waals surface area contributed by atoms with Crippen LogP contribution in [0.4, 0.5) is 0 Å². The lowest BCUT2D eigenvalue weighted by Gasteiger charge is -2.04. The van der Waals surface area contributed by atoms with E-state index in [2.05, 4.69) is 39.7 Å². The van der Waals surface area contributed by atoms with Gasteiger partial charge in [-0.2, -0.15) is 0 Å². The number of hydrogen-bond acceptors (Lipinski definition) is 1. The van der Waals surface area contributed by atoms with Crippen molar-refractivity contribution < 1.29 is 0 Å². The number of hydrogen-bond donors (Lipinski definition) is 1. The molecule has 16 heavy (non-hydrogen) atoms. The zero-order valence-corrected chi connectivity index (χ0v) is 11.1. The number of aryl methyl sites for hydroxylation is 1. The van der Waals surface area contributed by atoms with E-state index in [1.165, 1.54) is 0 Å². The molecule has 0 radical (unpaired) electrons. The second kappa shape index (κ2) is 5.37. The van der Waals surface area contributed by atoms with E-state index in [0.29, 0.717) is 11.8 Å². The number of nitrogens with one attached hydrogen (secondary N) is 1. The molecule has 1 heterocycles. The van der Waals surface area contributed by atoms with Crippen molar-refractivity contribution >= 4 is 0 Å². The van der Waals surface area contributed by atoms with Crippen LogP contribution in [-0.4, -0.2) is 9.78 Å². The van der Waals surface area contributed by atoms with E-state index in [1.807, 2.05) is 0 Å². The van der Waals surface area contributed by atoms with Gasteiger partial charge in [0.2, 0.25) is 0 Å². The molecular formula is C13H24N2O. The lowest BCUT2D eigenvalue weighted by atomic mass is 10.0. The van der Waals surface area contributed by atoms with Gasteiger partial charge in [-0.15, -0.1) is 0 Å². The van der Waals surface area contributed by atoms with Crippen LogP contribution >= 0.6 is 0 Å². The molecule has 0 spiro atoms. The van der Waals surface area contributed by atoms with Crippen LogP contribution in [0.15, 0.2) is 4.79 Å². The molecule has 0 atom stereocenters. The second-order valence-corrected chi connectivity index (χ2v) is 5.33. The fourth-order valence-corrected chi connectivity index (χ4v) is 1.98. The highest BCUT2D eigenvalue weighted by molar-refractivity contribution is 5.18. The Hall–Kier alpha value is -0.990. The Bertz CT molecular complexity index is 385. The molecule has 1 aromatic rings. The first-order chi connectivity index (χ1) is 7.45. The minimum atomic E-state index is 0.180. The summed E-state index contributed by atoms with van der Waals surface area (Å²) in [5.74, 6) is 1.02. The monoisotopic (exact) mass is 224 g/mol. The van der Waals surface area contributed by atoms with Gasteiger partial charge in [0.1, 0.15) is 0 Å². The summed E-state index contributed by atoms with van der Waals surface area (Å²) < 4.78 is 1.77. The summed E-state index contributed by atoms with van der Waals surface area (Å²) in [7, 11) is 0. The molecule has 0 unspecified atom stereocenters. The highest BCUT2D eigenvalue weighted by Crippen LogP contribution is 2.09. The Morgan fingerprint density at radius 1 is 1.19 bits per heavy atom. The first-order valence-corrected chi connectivity index (χ1v) is 6.26. The Kier molecular flexibility index (Phi) is 4.39. The first kappa shape index (κ1) is 13.1. The van der Waals surface area contributed by atoms with E-state index < -0.39 is 0 Å². The Morgan fingerprint density at radius 2 is 1.81 bits per heavy atom. The molecule has 0 aliphatic heterocycles. The molecule has 0 saturated carbocycles. The highest BCUT2D eigenvalue weighted by Gasteiger charge is 2.14. The van der Waals surface area contributed by atoms with Gasteiger partial charge in [-0.05, 0) is 24.7 Å². The summed E-state index contributed by atoms with van der Waals surface area (Å²) in [5.41, 5.74) is 2.27. The molecular weight excluding hydrogens is 200 g/mol. The van der Waals surface area contributed by atoms with Crippen molar-refractivity contribution in [3.8, 4) is 0 Å². The van der Waals surface area contributed by atoms with Gasteiger partial charge < -0.3 is 0 Å². The molecule has 1 aromatic heterocycles. The molecule has 3 nitrogen and oxygen atoms in total. The Balaban J connectivity index is 3.06. The van der Waals surface area contributed by atoms with Gasteiger partial charge in [0.15, 0.2) is 0 Å². The van der Waals surface area contributed by atoms with Crippen LogP contribution in [0, 0.1) is 11.8 Å². The van der Waals surface area contributed by atoms with Gasteiger partial charge in [0, 0.05) is 17.8 Å². The lowest BCUT2D eigenvalue weighted by molar-refractivity contribution is 0.469. The smallest absolute Gasteiger partial charge is 0.269 e. The van der Waals surface area contributed by atoms with Crippen molar-refractivity contribution in [1.29, 1.82) is 0 Å². The molecule has 0 amide bonds. The summed E-state index contributed by atoms with van der Waals surface area (Å²) in [6.07, 6.45) is 1.78. The number of rotatable bonds is 5. The average molecular weight is 224 g/mol. The van der Waals surface area contributed by atoms with Crippen molar-refractivity contribution in [1.82, 2.24) is 9.78 Å². The lowest BCUT2D eigenvalue weighted by Crippen LogP contribution is -2.22. The van der Waals surface area contributed by atoms with Crippen LogP contribution in [0.2, 0.25) is 0 Å². The second-order valence-electron chi connectivity index (χ2n) is 5.33. The third-order valence-electron chi connectivity index (χ3n) is 2.65. The quantitative estimate of drug-likeness (QED) is 0.820. The van der Waals surface area contributed by atoms with Crippen LogP contribution in [0.3, 0.4) is 0 Å². The minimum absolute atomic E-state index is 0.180. The van der Waals surface area contributed by atoms with E-state index in [9.17, 15) is 4.79 Å². The van der Waals surface area contributed by atoms with Crippen LogP contribution < -0.4 is 5.56 Å². The van der Waals surface area contributed by atoms with Gasteiger partial charge in [-0.3, -0.25) is 14.6 Å². The summed E-state index contributed by atoms with van der Waals surface area (Å²) >= 11 is 0. The van der Waals surface area contributed by atoms with E-state index in [-0.39, 0.29) is 5.56 Å². The van der Waals surface area contributed by atoms with Crippen LogP contribution in [-0.2, 0) is 19.4 Å². The predicted molar refractivity (Wildman–Crippen MR) is 67.8 cm³/mol. The third kappa shape index (κ3) is 3.00. The van der Waals surface area contributed by atoms with E-state index in [1.54, 1.807) is 4.68 Å². The predicted octanol–water partition coefficient (Wildman–Crippen LogP) is 2.59. The summed E-state index contributed by atoms with van der Waals surface area (Å²) in [6.45, 7) is 11.4. The van der Waals surface area contributed by atoms with E-state index in [0.717, 1.165) is 30.6 Å². The molecule has 0 aliphatic rings. The number of aromatic amines is 1. The molecule has 1 rings (SSSR count). The molecule has 0 aliphatic carbocycles. The van der Waals surface area contributed by atoms with Crippen molar-refractivity contribution in [2.24, 2.45) is 11.8 Å². The zero-order chi connectivity index (χ0) is 12.3. The van der Waals surface area contributed by atoms with E-state index >= 15 is 0 Å². The summed E-state index contributed by atoms with van der Waals surface area (Å²) in [6, 6.07) is 0. The zero-order valence-electron chi connectivity index (χ0n) is 11.1. The van der Waals surface area contributed by atoms with Crippen LogP contribution in [0.1, 0.15) is 45.9 Å². The standard InChI is InChI=1S/C13H24N2O/c1-6-12-11(7-9(2)3)13(16)15(14-12)8-10(4)5/h9-10,14H,6-8H2,1-5H3. The molecule has 0 aromatic carbocycles. The van der Waals surface area contributed by atoms with Crippen molar-refractivity contribution in [2.45, 2.75) is 54.0 Å². The normalized spacial score (nSPS) is 11.7. The SMILES string of the molecule is CCc1[nH]n(CC(C)C)c(=O)c1CC(C)C. The fraction of sp³-hybridized carbons (Fsp3) is 0.769. The Morgan fingerprint density at radius 3 is 2.25 bits per heavy atom. The third-order valence-corrected chi connectivity index (χ3v) is 2.65. The molecule has 0 fully saturated rings. The Labute approximate surface area is 97.8 Å². The maximum absolute atomic E-state index is 12.2. The van der Waals surface area contributed by atoms with Crippen molar-refractivity contribution in [3.05, 3.63) is 21.6 Å². The van der Waals surface area contributed by atoms with Crippen molar-refractivity contribution in [3.63, 3.8) is 0 Å². The van der Waals surface area contributed by atoms with Gasteiger partial charge in [0.25, 0.3) is 5.56 Å². The summed E-state index contributed by atoms with van der Waals surface area (Å²) in [5, 5.41) is 3.24. The first-order valence-electron chi connectivity index (χ1n) is 6.26. The maximum atomic E-state index is 12.2. The number of H-pyrrole nitrogens is 1. The summed E-state index contributed by atoms with van der Waals surface area (Å²) in [4.78, 5) is 12.2. The number of aromatic nitrogens is 2. The average Bonchev–Trinajstić information content (AvgIpc) is 2.44. The number of nitrogens with zero attached hydrogens (tertiary/aromatic N) is 1.